The maximum Gasteiger partial charge on any atom is 0.124 e. The van der Waals surface area contributed by atoms with Crippen LogP contribution in [0.2, 0.25) is 51.4 Å². The molecule has 0 atom stereocenters. The van der Waals surface area contributed by atoms with E-state index in [1.165, 1.54) is 12.1 Å². The monoisotopic (exact) mass is 604 g/mol. The van der Waals surface area contributed by atoms with Crippen molar-refractivity contribution in [3.05, 3.63) is 60.4 Å². The normalized spacial score (nSPS) is 14.6. The van der Waals surface area contributed by atoms with Gasteiger partial charge in [0.15, 0.2) is 0 Å². The molecule has 4 aromatic rings. The minimum absolute atomic E-state index is 0.554. The summed E-state index contributed by atoms with van der Waals surface area (Å²) >= 11 is 0. The highest BCUT2D eigenvalue weighted by atomic mass is 28.3. The average Bonchev–Trinajstić information content (AvgIpc) is 3.41. The zero-order valence-corrected chi connectivity index (χ0v) is 28.8. The Morgan fingerprint density at radius 3 is 1.40 bits per heavy atom. The summed E-state index contributed by atoms with van der Waals surface area (Å²) in [6.45, 7) is 22.9. The van der Waals surface area contributed by atoms with Crippen LogP contribution < -0.4 is 9.80 Å². The summed E-state index contributed by atoms with van der Waals surface area (Å²) in [6, 6.07) is 15.5. The van der Waals surface area contributed by atoms with E-state index in [1.807, 2.05) is 0 Å². The predicted octanol–water partition coefficient (Wildman–Crippen LogP) is 7.43. The Hall–Kier alpha value is -2.93. The number of aryl methyl sites for hydroxylation is 2. The summed E-state index contributed by atoms with van der Waals surface area (Å²) in [5.74, 6) is 1.98. The van der Waals surface area contributed by atoms with Gasteiger partial charge in [0.05, 0.1) is 22.1 Å². The number of fused-ring (bicyclic) bond motifs is 2. The Bertz CT molecular complexity index is 1450. The summed E-state index contributed by atoms with van der Waals surface area (Å²) in [5, 5.41) is 0. The van der Waals surface area contributed by atoms with E-state index in [4.69, 9.17) is 19.4 Å². The number of imidazole rings is 2. The van der Waals surface area contributed by atoms with Crippen LogP contribution in [0, 0.1) is 13.8 Å². The minimum Gasteiger partial charge on any atom is -0.361 e. The smallest absolute Gasteiger partial charge is 0.124 e. The van der Waals surface area contributed by atoms with Crippen molar-refractivity contribution in [2.24, 2.45) is 0 Å². The Balaban J connectivity index is 1.23. The lowest BCUT2D eigenvalue weighted by atomic mass is 10.2. The van der Waals surface area contributed by atoms with Crippen molar-refractivity contribution in [3.63, 3.8) is 0 Å². The lowest BCUT2D eigenvalue weighted by Crippen LogP contribution is -2.34. The average molecular weight is 605 g/mol. The fraction of sp³-hybridized carbons (Fsp3) is 0.500. The second-order valence-corrected chi connectivity index (χ2v) is 25.1. The van der Waals surface area contributed by atoms with Gasteiger partial charge in [0.25, 0.3) is 0 Å². The van der Waals surface area contributed by atoms with Gasteiger partial charge in [-0.15, -0.1) is 0 Å². The maximum absolute atomic E-state index is 6.03. The summed E-state index contributed by atoms with van der Waals surface area (Å²) in [4.78, 5) is 14.3. The zero-order valence-electron chi connectivity index (χ0n) is 26.8. The molecule has 226 valence electrons. The Labute approximate surface area is 253 Å². The summed E-state index contributed by atoms with van der Waals surface area (Å²) in [7, 11) is -2.20. The number of rotatable bonds is 12. The van der Waals surface area contributed by atoms with Crippen molar-refractivity contribution in [1.29, 1.82) is 0 Å². The lowest BCUT2D eigenvalue weighted by molar-refractivity contribution is 0.0884. The topological polar surface area (TPSA) is 60.6 Å². The van der Waals surface area contributed by atoms with Gasteiger partial charge in [-0.2, -0.15) is 0 Å². The molecule has 10 heteroatoms. The molecule has 2 aromatic heterocycles. The predicted molar refractivity (Wildman–Crippen MR) is 181 cm³/mol. The molecule has 1 aliphatic rings. The molecule has 0 spiro atoms. The molecule has 0 amide bonds. The van der Waals surface area contributed by atoms with Crippen LogP contribution in [-0.2, 0) is 22.9 Å². The van der Waals surface area contributed by atoms with Crippen molar-refractivity contribution < 1.29 is 9.47 Å². The first-order valence-electron chi connectivity index (χ1n) is 15.2. The van der Waals surface area contributed by atoms with Gasteiger partial charge in [0, 0.05) is 66.2 Å². The highest BCUT2D eigenvalue weighted by molar-refractivity contribution is 6.76. The summed E-state index contributed by atoms with van der Waals surface area (Å²) in [6.07, 6.45) is 4.32. The van der Waals surface area contributed by atoms with E-state index < -0.39 is 16.1 Å². The highest BCUT2D eigenvalue weighted by Gasteiger charge is 2.18. The maximum atomic E-state index is 6.03. The van der Waals surface area contributed by atoms with Gasteiger partial charge in [-0.3, -0.25) is 0 Å². The number of nitrogens with zero attached hydrogens (tertiary/aromatic N) is 6. The SMILES string of the molecule is Cc1nc2cc(N3C=CN(c4ccc5c(c4)nc(C)n5COCC[Si](C)(C)C)CC3)ccc2n1COCC[Si](C)(C)C. The molecule has 0 radical (unpaired) electrons. The number of hydrogen-bond acceptors (Lipinski definition) is 6. The van der Waals surface area contributed by atoms with Gasteiger partial charge in [-0.05, 0) is 62.3 Å². The molecule has 0 saturated carbocycles. The second kappa shape index (κ2) is 12.4. The number of ether oxygens (including phenoxy) is 2. The lowest BCUT2D eigenvalue weighted by Gasteiger charge is -2.31. The molecule has 3 heterocycles. The van der Waals surface area contributed by atoms with Gasteiger partial charge in [-0.1, -0.05) is 39.3 Å². The molecule has 0 saturated heterocycles. The first kappa shape index (κ1) is 30.5. The Morgan fingerprint density at radius 1 is 0.643 bits per heavy atom. The van der Waals surface area contributed by atoms with Crippen LogP contribution in [0.1, 0.15) is 11.6 Å². The number of hydrogen-bond donors (Lipinski definition) is 0. The highest BCUT2D eigenvalue weighted by Crippen LogP contribution is 2.28. The van der Waals surface area contributed by atoms with E-state index >= 15 is 0 Å². The molecule has 0 N–H and O–H groups in total. The molecular weight excluding hydrogens is 557 g/mol. The van der Waals surface area contributed by atoms with E-state index in [1.54, 1.807) is 0 Å². The molecule has 5 rings (SSSR count). The van der Waals surface area contributed by atoms with Crippen molar-refractivity contribution >= 4 is 49.6 Å². The number of benzene rings is 2. The van der Waals surface area contributed by atoms with Gasteiger partial charge in [0.1, 0.15) is 25.1 Å². The quantitative estimate of drug-likeness (QED) is 0.124. The third-order valence-corrected chi connectivity index (χ3v) is 11.4. The van der Waals surface area contributed by atoms with Gasteiger partial charge < -0.3 is 28.4 Å². The zero-order chi connectivity index (χ0) is 30.1. The molecule has 8 nitrogen and oxygen atoms in total. The van der Waals surface area contributed by atoms with Gasteiger partial charge in [-0.25, -0.2) is 9.97 Å². The van der Waals surface area contributed by atoms with Crippen LogP contribution >= 0.6 is 0 Å². The first-order chi connectivity index (χ1) is 19.9. The van der Waals surface area contributed by atoms with Crippen LogP contribution in [-0.4, -0.2) is 61.6 Å². The molecule has 0 fully saturated rings. The van der Waals surface area contributed by atoms with Crippen LogP contribution in [0.3, 0.4) is 0 Å². The third-order valence-electron chi connectivity index (χ3n) is 7.95. The largest absolute Gasteiger partial charge is 0.361 e. The van der Waals surface area contributed by atoms with E-state index in [2.05, 4.69) is 121 Å². The molecular formula is C32H48N6O2Si2. The molecule has 0 bridgehead atoms. The molecule has 42 heavy (non-hydrogen) atoms. The molecule has 2 aromatic carbocycles. The fourth-order valence-corrected chi connectivity index (χ4v) is 6.70. The van der Waals surface area contributed by atoms with E-state index in [-0.39, 0.29) is 0 Å². The second-order valence-electron chi connectivity index (χ2n) is 13.9. The summed E-state index contributed by atoms with van der Waals surface area (Å²) in [5.41, 5.74) is 6.57. The molecule has 1 aliphatic heterocycles. The van der Waals surface area contributed by atoms with Gasteiger partial charge >= 0.3 is 0 Å². The Kier molecular flexibility index (Phi) is 8.98. The van der Waals surface area contributed by atoms with Gasteiger partial charge in [0.2, 0.25) is 0 Å². The Morgan fingerprint density at radius 2 is 1.05 bits per heavy atom. The van der Waals surface area contributed by atoms with Crippen LogP contribution in [0.4, 0.5) is 11.4 Å². The van der Waals surface area contributed by atoms with Crippen LogP contribution in [0.5, 0.6) is 0 Å². The van der Waals surface area contributed by atoms with E-state index in [9.17, 15) is 0 Å². The molecule has 0 unspecified atom stereocenters. The third kappa shape index (κ3) is 7.34. The van der Waals surface area contributed by atoms with Crippen LogP contribution in [0.25, 0.3) is 22.1 Å². The van der Waals surface area contributed by atoms with Crippen LogP contribution in [0.15, 0.2) is 48.8 Å². The van der Waals surface area contributed by atoms with E-state index in [0.717, 1.165) is 71.4 Å². The first-order valence-corrected chi connectivity index (χ1v) is 22.6. The minimum atomic E-state index is -1.10. The van der Waals surface area contributed by atoms with Crippen molar-refractivity contribution in [2.45, 2.75) is 78.7 Å². The number of aromatic nitrogens is 4. The van der Waals surface area contributed by atoms with E-state index in [0.29, 0.717) is 13.5 Å². The standard InChI is InChI=1S/C32H48N6O2Si2/c1-25-33-29-21-27(9-11-31(29)37(25)23-39-17-19-41(3,4)5)35-13-15-36(16-14-35)28-10-12-32-30(22-28)34-26(2)38(32)24-40-18-20-42(6,7)8/h9-13,15,21-22H,14,16-20,23-24H2,1-8H3. The number of anilines is 2. The van der Waals surface area contributed by atoms with Crippen molar-refractivity contribution in [1.82, 2.24) is 19.1 Å². The van der Waals surface area contributed by atoms with Crippen molar-refractivity contribution in [3.8, 4) is 0 Å². The fourth-order valence-electron chi connectivity index (χ4n) is 5.18. The summed E-state index contributed by atoms with van der Waals surface area (Å²) < 4.78 is 16.4. The van der Waals surface area contributed by atoms with Crippen molar-refractivity contribution in [2.75, 3.05) is 36.1 Å². The molecule has 0 aliphatic carbocycles.